The molecule has 0 spiro atoms. The number of halogens is 2. The van der Waals surface area contributed by atoms with Gasteiger partial charge in [0.25, 0.3) is 23.2 Å². The number of nitrogen functional groups attached to an aromatic ring is 2. The summed E-state index contributed by atoms with van der Waals surface area (Å²) in [7, 11) is 0. The summed E-state index contributed by atoms with van der Waals surface area (Å²) >= 11 is 0. The number of benzene rings is 2. The van der Waals surface area contributed by atoms with Gasteiger partial charge in [-0.1, -0.05) is 60.7 Å². The van der Waals surface area contributed by atoms with Crippen LogP contribution in [0.5, 0.6) is 0 Å². The molecule has 0 unspecified atom stereocenters. The van der Waals surface area contributed by atoms with Crippen LogP contribution >= 0.6 is 0 Å². The minimum atomic E-state index is 0. The largest absolute Gasteiger partial charge is 1.00 e. The standard InChI is InChI=1S/C26H34N6O2.2ClH/c27-25-23(31(29-33-25)19-9-15-21-11-3-1-4-12-21)17-7-8-18-24-26(28)34-30-32(24)20-10-16-22-13-5-2-6-14-22;;/h1-6,11-14H,7-10,15-20,27-28H2;2*1H/q+2;;/p-2. The predicted octanol–water partition coefficient (Wildman–Crippen LogP) is -2.76. The lowest BCUT2D eigenvalue weighted by atomic mass is 10.1. The average Bonchev–Trinajstić information content (AvgIpc) is 3.40. The minimum Gasteiger partial charge on any atom is -1.00 e. The summed E-state index contributed by atoms with van der Waals surface area (Å²) in [5.41, 5.74) is 16.7. The molecule has 36 heavy (non-hydrogen) atoms. The first-order valence-electron chi connectivity index (χ1n) is 12.1. The van der Waals surface area contributed by atoms with Gasteiger partial charge in [-0.15, -0.1) is 0 Å². The molecule has 0 radical (unpaired) electrons. The van der Waals surface area contributed by atoms with Gasteiger partial charge in [0.15, 0.2) is 13.1 Å². The Bertz CT molecular complexity index is 1060. The van der Waals surface area contributed by atoms with Gasteiger partial charge in [0, 0.05) is 25.7 Å². The van der Waals surface area contributed by atoms with Crippen molar-refractivity contribution in [2.45, 2.75) is 64.5 Å². The van der Waals surface area contributed by atoms with Gasteiger partial charge in [-0.05, 0) is 46.2 Å². The lowest BCUT2D eigenvalue weighted by molar-refractivity contribution is -0.768. The van der Waals surface area contributed by atoms with Gasteiger partial charge in [-0.25, -0.2) is 0 Å². The zero-order chi connectivity index (χ0) is 23.6. The first-order chi connectivity index (χ1) is 16.7. The average molecular weight is 534 g/mol. The van der Waals surface area contributed by atoms with Gasteiger partial charge in [0.05, 0.1) is 0 Å². The van der Waals surface area contributed by atoms with Gasteiger partial charge in [0.2, 0.25) is 10.5 Å². The lowest BCUT2D eigenvalue weighted by Crippen LogP contribution is -3.00. The molecule has 0 amide bonds. The Morgan fingerprint density at radius 1 is 0.556 bits per heavy atom. The quantitative estimate of drug-likeness (QED) is 0.142. The van der Waals surface area contributed by atoms with Crippen LogP contribution in [0.15, 0.2) is 69.7 Å². The zero-order valence-electron chi connectivity index (χ0n) is 20.4. The van der Waals surface area contributed by atoms with Crippen LogP contribution in [-0.2, 0) is 38.8 Å². The Hall–Kier alpha value is -3.10. The summed E-state index contributed by atoms with van der Waals surface area (Å²) < 4.78 is 14.3. The third-order valence-electron chi connectivity index (χ3n) is 6.10. The van der Waals surface area contributed by atoms with Crippen molar-refractivity contribution in [1.29, 1.82) is 0 Å². The molecule has 0 atom stereocenters. The van der Waals surface area contributed by atoms with E-state index in [0.717, 1.165) is 75.8 Å². The fourth-order valence-corrected chi connectivity index (χ4v) is 4.24. The second kappa shape index (κ2) is 15.1. The Kier molecular flexibility index (Phi) is 12.2. The molecule has 4 N–H and O–H groups in total. The van der Waals surface area contributed by atoms with Crippen LogP contribution in [0.25, 0.3) is 0 Å². The molecule has 2 heterocycles. The molecule has 10 heteroatoms. The van der Waals surface area contributed by atoms with Gasteiger partial charge in [-0.2, -0.15) is 0 Å². The van der Waals surface area contributed by atoms with E-state index in [-0.39, 0.29) is 24.8 Å². The molecule has 0 bridgehead atoms. The number of unbranched alkanes of at least 4 members (excludes halogenated alkanes) is 1. The topological polar surface area (TPSA) is 112 Å². The van der Waals surface area contributed by atoms with Crippen LogP contribution in [0.4, 0.5) is 11.8 Å². The molecule has 4 aromatic rings. The Labute approximate surface area is 224 Å². The fourth-order valence-electron chi connectivity index (χ4n) is 4.24. The highest BCUT2D eigenvalue weighted by Gasteiger charge is 2.24. The molecule has 0 aliphatic rings. The van der Waals surface area contributed by atoms with Gasteiger partial charge >= 0.3 is 0 Å². The Balaban J connectivity index is 0.00000228. The van der Waals surface area contributed by atoms with E-state index in [1.54, 1.807) is 0 Å². The summed E-state index contributed by atoms with van der Waals surface area (Å²) in [6.07, 6.45) is 7.45. The van der Waals surface area contributed by atoms with Crippen LogP contribution in [-0.4, -0.2) is 10.5 Å². The molecule has 2 aromatic heterocycles. The summed E-state index contributed by atoms with van der Waals surface area (Å²) in [6, 6.07) is 20.9. The van der Waals surface area contributed by atoms with Gasteiger partial charge in [-0.3, -0.25) is 9.05 Å². The molecule has 0 aliphatic heterocycles. The monoisotopic (exact) mass is 532 g/mol. The molecule has 0 saturated carbocycles. The first kappa shape index (κ1) is 29.1. The summed E-state index contributed by atoms with van der Waals surface area (Å²) in [5.74, 6) is 0.806. The third-order valence-corrected chi connectivity index (χ3v) is 6.10. The highest BCUT2D eigenvalue weighted by atomic mass is 35.5. The van der Waals surface area contributed by atoms with E-state index in [1.807, 2.05) is 21.5 Å². The number of nitrogens with zero attached hydrogens (tertiary/aromatic N) is 4. The van der Waals surface area contributed by atoms with E-state index in [0.29, 0.717) is 11.8 Å². The highest BCUT2D eigenvalue weighted by Crippen LogP contribution is 2.14. The number of nitrogens with two attached hydrogens (primary N) is 2. The third kappa shape index (κ3) is 8.24. The van der Waals surface area contributed by atoms with E-state index >= 15 is 0 Å². The van der Waals surface area contributed by atoms with Crippen molar-refractivity contribution in [3.05, 3.63) is 83.2 Å². The maximum Gasteiger partial charge on any atom is 0.296 e. The van der Waals surface area contributed by atoms with E-state index in [4.69, 9.17) is 20.5 Å². The van der Waals surface area contributed by atoms with Crippen molar-refractivity contribution in [1.82, 2.24) is 10.5 Å². The molecule has 0 fully saturated rings. The number of aromatic nitrogens is 4. The Morgan fingerprint density at radius 2 is 0.944 bits per heavy atom. The number of hydrogen-bond acceptors (Lipinski definition) is 6. The van der Waals surface area contributed by atoms with Crippen LogP contribution in [0.3, 0.4) is 0 Å². The van der Waals surface area contributed by atoms with E-state index in [9.17, 15) is 0 Å². The number of aryl methyl sites for hydroxylation is 4. The zero-order valence-corrected chi connectivity index (χ0v) is 21.9. The summed E-state index contributed by atoms with van der Waals surface area (Å²) in [5, 5.41) is 8.26. The molecule has 0 aliphatic carbocycles. The van der Waals surface area contributed by atoms with Gasteiger partial charge in [0.1, 0.15) is 0 Å². The maximum absolute atomic E-state index is 6.05. The van der Waals surface area contributed by atoms with Crippen molar-refractivity contribution in [3.63, 3.8) is 0 Å². The summed E-state index contributed by atoms with van der Waals surface area (Å²) in [4.78, 5) is 0. The van der Waals surface area contributed by atoms with Crippen molar-refractivity contribution >= 4 is 11.8 Å². The van der Waals surface area contributed by atoms with Crippen LogP contribution in [0.1, 0.15) is 48.2 Å². The second-order valence-electron chi connectivity index (χ2n) is 8.60. The number of rotatable bonds is 13. The van der Waals surface area contributed by atoms with E-state index in [2.05, 4.69) is 59.1 Å². The minimum absolute atomic E-state index is 0. The van der Waals surface area contributed by atoms with E-state index in [1.165, 1.54) is 11.1 Å². The SMILES string of the molecule is Nc1on[n+](CCCc2ccccc2)c1CCCCc1c(N)on[n+]1CCCc1ccccc1.[Cl-].[Cl-]. The van der Waals surface area contributed by atoms with Crippen LogP contribution in [0, 0.1) is 0 Å². The van der Waals surface area contributed by atoms with Crippen molar-refractivity contribution in [2.75, 3.05) is 11.5 Å². The molecule has 194 valence electrons. The first-order valence-corrected chi connectivity index (χ1v) is 12.1. The molecule has 2 aromatic carbocycles. The van der Waals surface area contributed by atoms with Crippen LogP contribution in [0.2, 0.25) is 0 Å². The van der Waals surface area contributed by atoms with Crippen molar-refractivity contribution in [2.24, 2.45) is 0 Å². The highest BCUT2D eigenvalue weighted by molar-refractivity contribution is 5.26. The lowest BCUT2D eigenvalue weighted by Gasteiger charge is -2.00. The molecular weight excluding hydrogens is 499 g/mol. The molecular formula is C26H34Cl2N6O2. The predicted molar refractivity (Wildman–Crippen MR) is 128 cm³/mol. The summed E-state index contributed by atoms with van der Waals surface area (Å²) in [6.45, 7) is 1.57. The number of anilines is 2. The number of hydrogen-bond donors (Lipinski definition) is 2. The van der Waals surface area contributed by atoms with Crippen LogP contribution < -0.4 is 45.6 Å². The normalized spacial score (nSPS) is 10.6. The fraction of sp³-hybridized carbons (Fsp3) is 0.385. The van der Waals surface area contributed by atoms with Crippen molar-refractivity contribution in [3.8, 4) is 0 Å². The van der Waals surface area contributed by atoms with Gasteiger partial charge < -0.3 is 36.3 Å². The molecule has 8 nitrogen and oxygen atoms in total. The smallest absolute Gasteiger partial charge is 0.296 e. The van der Waals surface area contributed by atoms with E-state index < -0.39 is 0 Å². The molecule has 0 saturated heterocycles. The maximum atomic E-state index is 6.05. The molecule has 4 rings (SSSR count). The second-order valence-corrected chi connectivity index (χ2v) is 8.60. The Morgan fingerprint density at radius 3 is 1.33 bits per heavy atom. The van der Waals surface area contributed by atoms with Crippen molar-refractivity contribution < 1.29 is 43.2 Å².